The number of nitrogens with zero attached hydrogens (tertiary/aromatic N) is 1. The first kappa shape index (κ1) is 19.3. The summed E-state index contributed by atoms with van der Waals surface area (Å²) in [6, 6.07) is 1.12. The molecule has 11 heteroatoms. The molecule has 1 aliphatic heterocycles. The van der Waals surface area contributed by atoms with Gasteiger partial charge in [-0.1, -0.05) is 5.92 Å². The maximum Gasteiger partial charge on any atom is 0.483 e. The minimum absolute atomic E-state index is 0.0839. The summed E-state index contributed by atoms with van der Waals surface area (Å²) in [4.78, 5) is 11.9. The van der Waals surface area contributed by atoms with E-state index in [2.05, 4.69) is 4.74 Å². The Morgan fingerprint density at radius 1 is 1.04 bits per heavy atom. The van der Waals surface area contributed by atoms with Crippen molar-refractivity contribution in [2.45, 2.75) is 6.11 Å². The molecule has 1 heterocycles. The molecular weight excluding hydrogens is 399 g/mol. The molecule has 0 spiro atoms. The maximum atomic E-state index is 14.9. The third-order valence-corrected chi connectivity index (χ3v) is 3.84. The molecule has 1 aliphatic rings. The highest BCUT2D eigenvalue weighted by Gasteiger charge is 2.51. The van der Waals surface area contributed by atoms with Crippen LogP contribution in [0.2, 0.25) is 0 Å². The average Bonchev–Trinajstić information content (AvgIpc) is 2.64. The predicted molar refractivity (Wildman–Crippen MR) is 80.1 cm³/mol. The Morgan fingerprint density at radius 2 is 1.61 bits per heavy atom. The molecule has 4 nitrogen and oxygen atoms in total. The lowest BCUT2D eigenvalue weighted by molar-refractivity contribution is -0.192. The minimum atomic E-state index is -4.40. The lowest BCUT2D eigenvalue weighted by Crippen LogP contribution is -2.51. The van der Waals surface area contributed by atoms with Crippen LogP contribution in [0.25, 0.3) is 11.1 Å². The average molecular weight is 405 g/mol. The van der Waals surface area contributed by atoms with E-state index in [1.54, 1.807) is 0 Å². The summed E-state index contributed by atoms with van der Waals surface area (Å²) in [7, 11) is 0. The molecule has 0 aromatic heterocycles. The van der Waals surface area contributed by atoms with E-state index in [0.717, 1.165) is 0 Å². The Hall–Kier alpha value is -3.42. The SMILES string of the molecule is C#CCN1C(=O)C(F)(F)Oc2ccc(-c3c(F)c(F)c(O)c(F)c3F)c(F)c21. The Bertz CT molecular complexity index is 1030. The van der Waals surface area contributed by atoms with Crippen molar-refractivity contribution >= 4 is 11.6 Å². The summed E-state index contributed by atoms with van der Waals surface area (Å²) in [6.07, 6.45) is 0.574. The summed E-state index contributed by atoms with van der Waals surface area (Å²) in [5, 5.41) is 9.00. The van der Waals surface area contributed by atoms with Gasteiger partial charge >= 0.3 is 12.0 Å². The summed E-state index contributed by atoms with van der Waals surface area (Å²) < 4.78 is 102. The van der Waals surface area contributed by atoms with Crippen LogP contribution in [-0.4, -0.2) is 23.7 Å². The predicted octanol–water partition coefficient (Wildman–Crippen LogP) is 3.71. The molecule has 0 unspecified atom stereocenters. The first-order valence-corrected chi connectivity index (χ1v) is 7.23. The number of phenolic OH excluding ortho intramolecular Hbond substituents is 1. The monoisotopic (exact) mass is 405 g/mol. The normalized spacial score (nSPS) is 15.1. The van der Waals surface area contributed by atoms with Crippen molar-refractivity contribution in [1.82, 2.24) is 0 Å². The maximum absolute atomic E-state index is 14.9. The van der Waals surface area contributed by atoms with Gasteiger partial charge in [0, 0.05) is 5.56 Å². The number of hydrogen-bond acceptors (Lipinski definition) is 3. The van der Waals surface area contributed by atoms with Crippen molar-refractivity contribution in [3.63, 3.8) is 0 Å². The van der Waals surface area contributed by atoms with E-state index in [1.165, 1.54) is 0 Å². The van der Waals surface area contributed by atoms with Crippen LogP contribution in [0, 0.1) is 41.4 Å². The number of aromatic hydroxyl groups is 1. The molecule has 0 saturated heterocycles. The molecule has 0 atom stereocenters. The zero-order chi connectivity index (χ0) is 21.0. The van der Waals surface area contributed by atoms with Gasteiger partial charge in [0.05, 0.1) is 12.1 Å². The van der Waals surface area contributed by atoms with Gasteiger partial charge in [-0.3, -0.25) is 9.69 Å². The highest BCUT2D eigenvalue weighted by Crippen LogP contribution is 2.45. The van der Waals surface area contributed by atoms with Gasteiger partial charge in [0.25, 0.3) is 0 Å². The minimum Gasteiger partial charge on any atom is -0.503 e. The Kier molecular flexibility index (Phi) is 4.37. The van der Waals surface area contributed by atoms with Crippen molar-refractivity contribution in [1.29, 1.82) is 0 Å². The number of hydrogen-bond donors (Lipinski definition) is 1. The molecule has 0 saturated carbocycles. The van der Waals surface area contributed by atoms with Gasteiger partial charge in [0.15, 0.2) is 29.0 Å². The van der Waals surface area contributed by atoms with Crippen molar-refractivity contribution in [3.8, 4) is 35.0 Å². The van der Waals surface area contributed by atoms with Crippen LogP contribution >= 0.6 is 0 Å². The van der Waals surface area contributed by atoms with E-state index in [1.807, 2.05) is 5.92 Å². The first-order chi connectivity index (χ1) is 13.0. The van der Waals surface area contributed by atoms with Gasteiger partial charge in [-0.2, -0.15) is 17.6 Å². The van der Waals surface area contributed by atoms with E-state index >= 15 is 0 Å². The third-order valence-electron chi connectivity index (χ3n) is 3.84. The number of rotatable bonds is 2. The molecule has 0 fully saturated rings. The van der Waals surface area contributed by atoms with Crippen LogP contribution in [-0.2, 0) is 4.79 Å². The Balaban J connectivity index is 2.33. The Labute approximate surface area is 151 Å². The number of phenols is 1. The van der Waals surface area contributed by atoms with Gasteiger partial charge < -0.3 is 9.84 Å². The molecule has 0 aliphatic carbocycles. The van der Waals surface area contributed by atoms with Crippen molar-refractivity contribution in [2.24, 2.45) is 0 Å². The standard InChI is InChI=1S/C17H6F7NO3/c1-2-5-25-14-7(28-17(23,24)16(25)27)4-3-6(9(14)18)8-10(19)12(21)15(26)13(22)11(8)20/h1,3-4,26H,5H2. The zero-order valence-corrected chi connectivity index (χ0v) is 13.3. The molecular formula is C17H6F7NO3. The van der Waals surface area contributed by atoms with Gasteiger partial charge in [0.1, 0.15) is 5.69 Å². The highest BCUT2D eigenvalue weighted by atomic mass is 19.3. The van der Waals surface area contributed by atoms with Gasteiger partial charge in [-0.05, 0) is 12.1 Å². The number of alkyl halides is 2. The summed E-state index contributed by atoms with van der Waals surface area (Å²) in [5.41, 5.74) is -3.70. The highest BCUT2D eigenvalue weighted by molar-refractivity contribution is 6.02. The van der Waals surface area contributed by atoms with E-state index < -0.39 is 76.0 Å². The number of carbonyl (C=O) groups is 1. The fraction of sp³-hybridized carbons (Fsp3) is 0.118. The third kappa shape index (κ3) is 2.60. The largest absolute Gasteiger partial charge is 0.503 e. The summed E-state index contributed by atoms with van der Waals surface area (Å²) in [5.74, 6) is -13.5. The van der Waals surface area contributed by atoms with Crippen LogP contribution in [0.4, 0.5) is 36.4 Å². The molecule has 1 amide bonds. The number of fused-ring (bicyclic) bond motifs is 1. The number of amides is 1. The van der Waals surface area contributed by atoms with Crippen LogP contribution in [0.5, 0.6) is 11.5 Å². The van der Waals surface area contributed by atoms with Crippen molar-refractivity contribution < 1.29 is 45.4 Å². The van der Waals surface area contributed by atoms with Crippen LogP contribution in [0.15, 0.2) is 12.1 Å². The van der Waals surface area contributed by atoms with E-state index in [9.17, 15) is 35.5 Å². The van der Waals surface area contributed by atoms with Gasteiger partial charge in [-0.15, -0.1) is 6.42 Å². The van der Waals surface area contributed by atoms with Crippen LogP contribution in [0.1, 0.15) is 0 Å². The van der Waals surface area contributed by atoms with E-state index in [4.69, 9.17) is 11.5 Å². The fourth-order valence-electron chi connectivity index (χ4n) is 2.61. The number of halogens is 7. The van der Waals surface area contributed by atoms with Crippen molar-refractivity contribution in [2.75, 3.05) is 11.4 Å². The van der Waals surface area contributed by atoms with Gasteiger partial charge in [-0.25, -0.2) is 13.2 Å². The smallest absolute Gasteiger partial charge is 0.483 e. The molecule has 3 rings (SSSR count). The van der Waals surface area contributed by atoms with Crippen LogP contribution in [0.3, 0.4) is 0 Å². The summed E-state index contributed by atoms with van der Waals surface area (Å²) >= 11 is 0. The number of anilines is 1. The molecule has 0 radical (unpaired) electrons. The quantitative estimate of drug-likeness (QED) is 0.471. The number of ether oxygens (including phenoxy) is 1. The molecule has 2 aromatic carbocycles. The lowest BCUT2D eigenvalue weighted by Gasteiger charge is -2.33. The second-order valence-electron chi connectivity index (χ2n) is 5.47. The van der Waals surface area contributed by atoms with Crippen molar-refractivity contribution in [3.05, 3.63) is 41.2 Å². The molecule has 28 heavy (non-hydrogen) atoms. The topological polar surface area (TPSA) is 49.8 Å². The number of benzene rings is 2. The molecule has 1 N–H and O–H groups in total. The second-order valence-corrected chi connectivity index (χ2v) is 5.47. The van der Waals surface area contributed by atoms with Crippen LogP contribution < -0.4 is 9.64 Å². The molecule has 146 valence electrons. The second kappa shape index (κ2) is 6.33. The Morgan fingerprint density at radius 3 is 2.14 bits per heavy atom. The van der Waals surface area contributed by atoms with E-state index in [0.29, 0.717) is 12.1 Å². The summed E-state index contributed by atoms with van der Waals surface area (Å²) in [6.45, 7) is -0.867. The van der Waals surface area contributed by atoms with E-state index in [-0.39, 0.29) is 4.90 Å². The first-order valence-electron chi connectivity index (χ1n) is 7.23. The number of terminal acetylenes is 1. The fourth-order valence-corrected chi connectivity index (χ4v) is 2.61. The molecule has 0 bridgehead atoms. The van der Waals surface area contributed by atoms with Gasteiger partial charge in [0.2, 0.25) is 11.6 Å². The number of carbonyl (C=O) groups excluding carboxylic acids is 1. The molecule has 2 aromatic rings. The zero-order valence-electron chi connectivity index (χ0n) is 13.3. The lowest BCUT2D eigenvalue weighted by atomic mass is 10.0.